The van der Waals surface area contributed by atoms with E-state index < -0.39 is 0 Å². The second-order valence-electron chi connectivity index (χ2n) is 4.76. The summed E-state index contributed by atoms with van der Waals surface area (Å²) in [6.45, 7) is 0. The molecule has 0 bridgehead atoms. The molecular weight excluding hydrogens is 274 g/mol. The quantitative estimate of drug-likeness (QED) is 0.645. The largest absolute Gasteiger partial charge is 0.192 e. The third-order valence-corrected chi connectivity index (χ3v) is 3.89. The van der Waals surface area contributed by atoms with E-state index in [1.54, 1.807) is 0 Å². The summed E-state index contributed by atoms with van der Waals surface area (Å²) in [5, 5.41) is 9.30. The Morgan fingerprint density at radius 1 is 0.714 bits per heavy atom. The molecule has 21 heavy (non-hydrogen) atoms. The van der Waals surface area contributed by atoms with E-state index >= 15 is 0 Å². The zero-order chi connectivity index (χ0) is 14.7. The van der Waals surface area contributed by atoms with Crippen LogP contribution in [-0.4, -0.2) is 0 Å². The zero-order valence-electron chi connectivity index (χ0n) is 11.3. The minimum atomic E-state index is 0.644. The van der Waals surface area contributed by atoms with E-state index in [4.69, 9.17) is 12.6 Å². The molecule has 0 saturated carbocycles. The van der Waals surface area contributed by atoms with Gasteiger partial charge in [0.25, 0.3) is 0 Å². The number of benzene rings is 3. The highest BCUT2D eigenvalue weighted by Gasteiger charge is 2.11. The standard InChI is InChI=1S/C19H13NS/c20-13-14-11-17(15-7-3-1-4-8-15)19(21)18(12-14)16-9-5-2-6-10-16/h1-12,21H. The number of nitriles is 1. The van der Waals surface area contributed by atoms with E-state index in [9.17, 15) is 5.26 Å². The van der Waals surface area contributed by atoms with Gasteiger partial charge in [-0.2, -0.15) is 5.26 Å². The van der Waals surface area contributed by atoms with Crippen molar-refractivity contribution >= 4 is 12.6 Å². The molecular formula is C19H13NS. The normalized spacial score (nSPS) is 10.1. The van der Waals surface area contributed by atoms with Crippen LogP contribution in [0.2, 0.25) is 0 Å². The Kier molecular flexibility index (Phi) is 3.77. The molecule has 0 aliphatic heterocycles. The van der Waals surface area contributed by atoms with Crippen molar-refractivity contribution in [3.63, 3.8) is 0 Å². The van der Waals surface area contributed by atoms with Crippen molar-refractivity contribution in [2.24, 2.45) is 0 Å². The summed E-state index contributed by atoms with van der Waals surface area (Å²) in [6.07, 6.45) is 0. The van der Waals surface area contributed by atoms with E-state index in [-0.39, 0.29) is 0 Å². The van der Waals surface area contributed by atoms with E-state index in [0.717, 1.165) is 27.1 Å². The SMILES string of the molecule is N#Cc1cc(-c2ccccc2)c(S)c(-c2ccccc2)c1. The number of nitrogens with zero attached hydrogens (tertiary/aromatic N) is 1. The Bertz CT molecular complexity index is 741. The van der Waals surface area contributed by atoms with Crippen LogP contribution in [0.3, 0.4) is 0 Å². The topological polar surface area (TPSA) is 23.8 Å². The van der Waals surface area contributed by atoms with Crippen molar-refractivity contribution in [2.45, 2.75) is 4.90 Å². The Morgan fingerprint density at radius 3 is 1.52 bits per heavy atom. The van der Waals surface area contributed by atoms with Crippen LogP contribution in [0.5, 0.6) is 0 Å². The van der Waals surface area contributed by atoms with Gasteiger partial charge in [0.2, 0.25) is 0 Å². The van der Waals surface area contributed by atoms with Gasteiger partial charge in [-0.1, -0.05) is 60.7 Å². The second kappa shape index (κ2) is 5.87. The van der Waals surface area contributed by atoms with Crippen molar-refractivity contribution in [3.05, 3.63) is 78.4 Å². The smallest absolute Gasteiger partial charge is 0.0992 e. The maximum absolute atomic E-state index is 9.30. The Balaban J connectivity index is 2.26. The molecule has 3 aromatic rings. The number of hydrogen-bond acceptors (Lipinski definition) is 2. The average Bonchev–Trinajstić information content (AvgIpc) is 2.57. The monoisotopic (exact) mass is 287 g/mol. The fraction of sp³-hybridized carbons (Fsp3) is 0. The van der Waals surface area contributed by atoms with Gasteiger partial charge < -0.3 is 0 Å². The Morgan fingerprint density at radius 2 is 1.14 bits per heavy atom. The second-order valence-corrected chi connectivity index (χ2v) is 5.21. The fourth-order valence-electron chi connectivity index (χ4n) is 2.37. The lowest BCUT2D eigenvalue weighted by atomic mass is 9.96. The first-order chi connectivity index (χ1) is 10.3. The average molecular weight is 287 g/mol. The molecule has 0 spiro atoms. The van der Waals surface area contributed by atoms with Crippen molar-refractivity contribution in [3.8, 4) is 28.3 Å². The number of rotatable bonds is 2. The maximum atomic E-state index is 9.30. The molecule has 0 unspecified atom stereocenters. The lowest BCUT2D eigenvalue weighted by Gasteiger charge is -2.12. The molecule has 0 aliphatic rings. The van der Waals surface area contributed by atoms with Crippen LogP contribution in [0.25, 0.3) is 22.3 Å². The summed E-state index contributed by atoms with van der Waals surface area (Å²) in [5.41, 5.74) is 4.74. The van der Waals surface area contributed by atoms with Crippen molar-refractivity contribution in [1.82, 2.24) is 0 Å². The highest BCUT2D eigenvalue weighted by molar-refractivity contribution is 7.80. The summed E-state index contributed by atoms with van der Waals surface area (Å²) >= 11 is 4.71. The van der Waals surface area contributed by atoms with Crippen LogP contribution in [0.1, 0.15) is 5.56 Å². The predicted octanol–water partition coefficient (Wildman–Crippen LogP) is 5.18. The van der Waals surface area contributed by atoms with Crippen LogP contribution in [0, 0.1) is 11.3 Å². The highest BCUT2D eigenvalue weighted by Crippen LogP contribution is 2.36. The van der Waals surface area contributed by atoms with Crippen LogP contribution >= 0.6 is 12.6 Å². The summed E-state index contributed by atoms with van der Waals surface area (Å²) in [4.78, 5) is 0.895. The first-order valence-electron chi connectivity index (χ1n) is 6.67. The molecule has 1 nitrogen and oxygen atoms in total. The summed E-state index contributed by atoms with van der Waals surface area (Å²) in [5.74, 6) is 0. The lowest BCUT2D eigenvalue weighted by Crippen LogP contribution is -1.88. The molecule has 0 radical (unpaired) electrons. The van der Waals surface area contributed by atoms with Gasteiger partial charge in [-0.05, 0) is 34.4 Å². The number of hydrogen-bond donors (Lipinski definition) is 1. The highest BCUT2D eigenvalue weighted by atomic mass is 32.1. The van der Waals surface area contributed by atoms with Gasteiger partial charge in [-0.15, -0.1) is 12.6 Å². The zero-order valence-corrected chi connectivity index (χ0v) is 12.2. The van der Waals surface area contributed by atoms with Crippen LogP contribution < -0.4 is 0 Å². The van der Waals surface area contributed by atoms with E-state index in [2.05, 4.69) is 6.07 Å². The number of thiol groups is 1. The molecule has 3 aromatic carbocycles. The molecule has 0 heterocycles. The molecule has 0 saturated heterocycles. The van der Waals surface area contributed by atoms with Crippen molar-refractivity contribution in [1.29, 1.82) is 5.26 Å². The third-order valence-electron chi connectivity index (χ3n) is 3.41. The van der Waals surface area contributed by atoms with Crippen molar-refractivity contribution < 1.29 is 0 Å². The van der Waals surface area contributed by atoms with Gasteiger partial charge >= 0.3 is 0 Å². The van der Waals surface area contributed by atoms with Gasteiger partial charge in [0.1, 0.15) is 0 Å². The van der Waals surface area contributed by atoms with Gasteiger partial charge in [-0.25, -0.2) is 0 Å². The van der Waals surface area contributed by atoms with Crippen LogP contribution in [-0.2, 0) is 0 Å². The fourth-order valence-corrected chi connectivity index (χ4v) is 2.76. The van der Waals surface area contributed by atoms with Crippen LogP contribution in [0.4, 0.5) is 0 Å². The lowest BCUT2D eigenvalue weighted by molar-refractivity contribution is 1.40. The molecule has 100 valence electrons. The van der Waals surface area contributed by atoms with Gasteiger partial charge in [0.15, 0.2) is 0 Å². The molecule has 0 aliphatic carbocycles. The maximum Gasteiger partial charge on any atom is 0.0992 e. The molecule has 0 atom stereocenters. The first kappa shape index (κ1) is 13.5. The Labute approximate surface area is 129 Å². The first-order valence-corrected chi connectivity index (χ1v) is 7.12. The summed E-state index contributed by atoms with van der Waals surface area (Å²) < 4.78 is 0. The molecule has 2 heteroatoms. The van der Waals surface area contributed by atoms with Gasteiger partial charge in [0.05, 0.1) is 11.6 Å². The van der Waals surface area contributed by atoms with Crippen LogP contribution in [0.15, 0.2) is 77.7 Å². The molecule has 0 amide bonds. The van der Waals surface area contributed by atoms with Crippen molar-refractivity contribution in [2.75, 3.05) is 0 Å². The van der Waals surface area contributed by atoms with E-state index in [0.29, 0.717) is 5.56 Å². The molecule has 0 aromatic heterocycles. The van der Waals surface area contributed by atoms with E-state index in [1.807, 2.05) is 72.8 Å². The molecule has 0 fully saturated rings. The molecule has 3 rings (SSSR count). The van der Waals surface area contributed by atoms with E-state index in [1.165, 1.54) is 0 Å². The Hall–Kier alpha value is -2.50. The summed E-state index contributed by atoms with van der Waals surface area (Å²) in [6, 6.07) is 26.1. The minimum absolute atomic E-state index is 0.644. The summed E-state index contributed by atoms with van der Waals surface area (Å²) in [7, 11) is 0. The molecule has 0 N–H and O–H groups in total. The third kappa shape index (κ3) is 2.69. The minimum Gasteiger partial charge on any atom is -0.192 e. The van der Waals surface area contributed by atoms with Gasteiger partial charge in [0, 0.05) is 4.90 Å². The predicted molar refractivity (Wildman–Crippen MR) is 89.3 cm³/mol. The van der Waals surface area contributed by atoms with Gasteiger partial charge in [-0.3, -0.25) is 0 Å².